The number of rotatable bonds is 12. The van der Waals surface area contributed by atoms with Crippen molar-refractivity contribution in [2.24, 2.45) is 0 Å². The lowest BCUT2D eigenvalue weighted by Crippen LogP contribution is -2.09. The minimum absolute atomic E-state index is 0.00343. The SMILES string of the molecule is CCCc1c(OCCCOc2cccnc2CCC(=O)OC)ccc(C(C)=O)c1O. The van der Waals surface area contributed by atoms with Crippen molar-refractivity contribution in [1.82, 2.24) is 4.98 Å². The summed E-state index contributed by atoms with van der Waals surface area (Å²) in [5, 5.41) is 10.4. The molecule has 1 aromatic heterocycles. The first-order chi connectivity index (χ1) is 14.5. The van der Waals surface area contributed by atoms with Crippen LogP contribution in [-0.4, -0.2) is 42.2 Å². The first-order valence-electron chi connectivity index (χ1n) is 10.1. The minimum atomic E-state index is -0.290. The van der Waals surface area contributed by atoms with Crippen molar-refractivity contribution < 1.29 is 28.9 Å². The van der Waals surface area contributed by atoms with Gasteiger partial charge in [0, 0.05) is 24.6 Å². The highest BCUT2D eigenvalue weighted by Gasteiger charge is 2.16. The third-order valence-electron chi connectivity index (χ3n) is 4.56. The first kappa shape index (κ1) is 23.2. The van der Waals surface area contributed by atoms with Crippen molar-refractivity contribution in [1.29, 1.82) is 0 Å². The summed E-state index contributed by atoms with van der Waals surface area (Å²) in [6.45, 7) is 4.24. The monoisotopic (exact) mass is 415 g/mol. The lowest BCUT2D eigenvalue weighted by molar-refractivity contribution is -0.140. The van der Waals surface area contributed by atoms with Gasteiger partial charge in [0.25, 0.3) is 0 Å². The van der Waals surface area contributed by atoms with Crippen molar-refractivity contribution in [2.45, 2.75) is 46.0 Å². The molecule has 0 spiro atoms. The molecule has 2 aromatic rings. The highest BCUT2D eigenvalue weighted by molar-refractivity contribution is 5.97. The van der Waals surface area contributed by atoms with Crippen LogP contribution in [0.2, 0.25) is 0 Å². The molecule has 162 valence electrons. The van der Waals surface area contributed by atoms with Crippen LogP contribution < -0.4 is 9.47 Å². The highest BCUT2D eigenvalue weighted by Crippen LogP contribution is 2.33. The number of carbonyl (C=O) groups is 2. The number of hydrogen-bond donors (Lipinski definition) is 1. The molecule has 0 radical (unpaired) electrons. The summed E-state index contributed by atoms with van der Waals surface area (Å²) in [7, 11) is 1.36. The molecular formula is C23H29NO6. The second-order valence-electron chi connectivity index (χ2n) is 6.82. The number of aryl methyl sites for hydroxylation is 1. The number of carbonyl (C=O) groups excluding carboxylic acids is 2. The van der Waals surface area contributed by atoms with Gasteiger partial charge < -0.3 is 19.3 Å². The number of methoxy groups -OCH3 is 1. The maximum Gasteiger partial charge on any atom is 0.305 e. The van der Waals surface area contributed by atoms with E-state index in [1.165, 1.54) is 14.0 Å². The largest absolute Gasteiger partial charge is 0.507 e. The molecule has 0 aliphatic heterocycles. The molecule has 1 heterocycles. The van der Waals surface area contributed by atoms with Crippen LogP contribution in [0.1, 0.15) is 54.7 Å². The maximum absolute atomic E-state index is 11.6. The Morgan fingerprint density at radius 2 is 1.80 bits per heavy atom. The summed E-state index contributed by atoms with van der Waals surface area (Å²) in [6.07, 6.45) is 4.41. The summed E-state index contributed by atoms with van der Waals surface area (Å²) < 4.78 is 16.3. The Kier molecular flexibility index (Phi) is 9.12. The lowest BCUT2D eigenvalue weighted by Gasteiger charge is -2.15. The van der Waals surface area contributed by atoms with Crippen LogP contribution in [0.5, 0.6) is 17.2 Å². The van der Waals surface area contributed by atoms with Gasteiger partial charge in [-0.1, -0.05) is 13.3 Å². The fourth-order valence-corrected chi connectivity index (χ4v) is 3.02. The van der Waals surface area contributed by atoms with E-state index in [0.29, 0.717) is 60.8 Å². The number of pyridine rings is 1. The van der Waals surface area contributed by atoms with E-state index in [4.69, 9.17) is 9.47 Å². The summed E-state index contributed by atoms with van der Waals surface area (Å²) in [4.78, 5) is 27.3. The first-order valence-corrected chi connectivity index (χ1v) is 10.1. The summed E-state index contributed by atoms with van der Waals surface area (Å²) in [6, 6.07) is 6.92. The number of nitrogens with zero attached hydrogens (tertiary/aromatic N) is 1. The van der Waals surface area contributed by atoms with Gasteiger partial charge in [-0.3, -0.25) is 14.6 Å². The summed E-state index contributed by atoms with van der Waals surface area (Å²) in [5.41, 5.74) is 1.67. The van der Waals surface area contributed by atoms with Crippen LogP contribution in [0.4, 0.5) is 0 Å². The smallest absolute Gasteiger partial charge is 0.305 e. The van der Waals surface area contributed by atoms with E-state index in [2.05, 4.69) is 9.72 Å². The number of aromatic nitrogens is 1. The van der Waals surface area contributed by atoms with Gasteiger partial charge >= 0.3 is 5.97 Å². The zero-order valence-corrected chi connectivity index (χ0v) is 17.8. The topological polar surface area (TPSA) is 95.0 Å². The molecule has 1 aromatic carbocycles. The van der Waals surface area contributed by atoms with Crippen molar-refractivity contribution in [3.8, 4) is 17.2 Å². The molecule has 1 N–H and O–H groups in total. The highest BCUT2D eigenvalue weighted by atomic mass is 16.5. The molecule has 2 rings (SSSR count). The zero-order valence-electron chi connectivity index (χ0n) is 17.8. The van der Waals surface area contributed by atoms with Gasteiger partial charge in [-0.15, -0.1) is 0 Å². The molecule has 0 saturated heterocycles. The van der Waals surface area contributed by atoms with Gasteiger partial charge in [0.15, 0.2) is 5.78 Å². The van der Waals surface area contributed by atoms with Crippen molar-refractivity contribution in [3.63, 3.8) is 0 Å². The Morgan fingerprint density at radius 3 is 2.47 bits per heavy atom. The Morgan fingerprint density at radius 1 is 1.07 bits per heavy atom. The number of ether oxygens (including phenoxy) is 3. The Balaban J connectivity index is 1.90. The number of aromatic hydroxyl groups is 1. The molecule has 7 nitrogen and oxygen atoms in total. The van der Waals surface area contributed by atoms with Crippen molar-refractivity contribution in [2.75, 3.05) is 20.3 Å². The van der Waals surface area contributed by atoms with Crippen LogP contribution in [0.15, 0.2) is 30.5 Å². The van der Waals surface area contributed by atoms with Gasteiger partial charge in [0.1, 0.15) is 17.2 Å². The molecule has 7 heteroatoms. The van der Waals surface area contributed by atoms with E-state index in [1.54, 1.807) is 24.4 Å². The number of benzene rings is 1. The maximum atomic E-state index is 11.6. The van der Waals surface area contributed by atoms with Crippen LogP contribution in [0.3, 0.4) is 0 Å². The Labute approximate surface area is 177 Å². The van der Waals surface area contributed by atoms with Crippen LogP contribution in [-0.2, 0) is 22.4 Å². The normalized spacial score (nSPS) is 10.5. The van der Waals surface area contributed by atoms with Crippen molar-refractivity contribution in [3.05, 3.63) is 47.3 Å². The molecule has 0 aliphatic carbocycles. The van der Waals surface area contributed by atoms with Gasteiger partial charge in [0.2, 0.25) is 0 Å². The molecule has 0 bridgehead atoms. The molecule has 30 heavy (non-hydrogen) atoms. The Bertz CT molecular complexity index is 865. The molecule has 0 amide bonds. The molecule has 0 aliphatic rings. The number of esters is 1. The minimum Gasteiger partial charge on any atom is -0.507 e. The van der Waals surface area contributed by atoms with Crippen LogP contribution >= 0.6 is 0 Å². The number of Topliss-reactive ketones (excluding diaryl/α,β-unsaturated/α-hetero) is 1. The summed E-state index contributed by atoms with van der Waals surface area (Å²) >= 11 is 0. The van der Waals surface area contributed by atoms with Gasteiger partial charge in [0.05, 0.1) is 38.0 Å². The fraction of sp³-hybridized carbons (Fsp3) is 0.435. The van der Waals surface area contributed by atoms with E-state index in [0.717, 1.165) is 6.42 Å². The second-order valence-corrected chi connectivity index (χ2v) is 6.82. The number of phenols is 1. The number of phenolic OH excluding ortho intramolecular Hbond substituents is 1. The molecular weight excluding hydrogens is 386 g/mol. The third-order valence-corrected chi connectivity index (χ3v) is 4.56. The van der Waals surface area contributed by atoms with Gasteiger partial charge in [-0.25, -0.2) is 0 Å². The molecule has 0 atom stereocenters. The quantitative estimate of drug-likeness (QED) is 0.319. The number of hydrogen-bond acceptors (Lipinski definition) is 7. The van der Waals surface area contributed by atoms with E-state index in [9.17, 15) is 14.7 Å². The van der Waals surface area contributed by atoms with E-state index >= 15 is 0 Å². The van der Waals surface area contributed by atoms with Crippen LogP contribution in [0, 0.1) is 0 Å². The molecule has 0 fully saturated rings. The standard InChI is InChI=1S/C23H29NO6/c1-4-7-18-20(11-9-17(16(2)25)23(18)27)29-14-6-15-30-21-8-5-13-24-19(21)10-12-22(26)28-3/h5,8-9,11,13,27H,4,6-7,10,12,14-15H2,1-3H3. The van der Waals surface area contributed by atoms with Crippen molar-refractivity contribution >= 4 is 11.8 Å². The fourth-order valence-electron chi connectivity index (χ4n) is 3.02. The second kappa shape index (κ2) is 11.8. The predicted molar refractivity (Wildman–Crippen MR) is 112 cm³/mol. The average Bonchev–Trinajstić information content (AvgIpc) is 2.74. The van der Waals surface area contributed by atoms with E-state index < -0.39 is 0 Å². The van der Waals surface area contributed by atoms with Crippen LogP contribution in [0.25, 0.3) is 0 Å². The molecule has 0 saturated carbocycles. The van der Waals surface area contributed by atoms with Gasteiger partial charge in [-0.2, -0.15) is 0 Å². The summed E-state index contributed by atoms with van der Waals surface area (Å²) in [5.74, 6) is 0.756. The lowest BCUT2D eigenvalue weighted by atomic mass is 10.0. The third kappa shape index (κ3) is 6.47. The van der Waals surface area contributed by atoms with E-state index in [-0.39, 0.29) is 23.9 Å². The zero-order chi connectivity index (χ0) is 21.9. The van der Waals surface area contributed by atoms with E-state index in [1.807, 2.05) is 13.0 Å². The van der Waals surface area contributed by atoms with Gasteiger partial charge in [-0.05, 0) is 37.6 Å². The predicted octanol–water partition coefficient (Wildman–Crippen LogP) is 3.90. The Hall–Kier alpha value is -3.09. The molecule has 0 unspecified atom stereocenters. The number of ketones is 1. The average molecular weight is 415 g/mol.